The Kier molecular flexibility index (Phi) is 2.99. The molecular formula is C10H15N5O2. The van der Waals surface area contributed by atoms with Crippen LogP contribution in [0.5, 0.6) is 0 Å². The molecule has 1 heterocycles. The van der Waals surface area contributed by atoms with E-state index in [0.29, 0.717) is 0 Å². The summed E-state index contributed by atoms with van der Waals surface area (Å²) in [5.41, 5.74) is 5.75. The summed E-state index contributed by atoms with van der Waals surface area (Å²) >= 11 is 0. The molecule has 17 heavy (non-hydrogen) atoms. The lowest BCUT2D eigenvalue weighted by molar-refractivity contribution is -0.122. The number of rotatable bonds is 4. The van der Waals surface area contributed by atoms with Crippen LogP contribution in [0, 0.1) is 0 Å². The summed E-state index contributed by atoms with van der Waals surface area (Å²) in [5.74, 6) is -0.394. The monoisotopic (exact) mass is 237 g/mol. The maximum Gasteiger partial charge on any atom is 0.257 e. The number of nitrogens with zero attached hydrogens (tertiary/aromatic N) is 1. The molecule has 2 rings (SSSR count). The molecule has 1 atom stereocenters. The summed E-state index contributed by atoms with van der Waals surface area (Å²) in [5, 5.41) is 11.5. The van der Waals surface area contributed by atoms with Gasteiger partial charge in [0.2, 0.25) is 5.91 Å². The molecule has 0 bridgehead atoms. The fraction of sp³-hybridized carbons (Fsp3) is 0.500. The first-order valence-corrected chi connectivity index (χ1v) is 5.48. The molecule has 1 fully saturated rings. The normalized spacial score (nSPS) is 16.3. The summed E-state index contributed by atoms with van der Waals surface area (Å²) in [4.78, 5) is 23.3. The molecule has 1 unspecified atom stereocenters. The number of aromatic nitrogens is 2. The van der Waals surface area contributed by atoms with Gasteiger partial charge in [-0.25, -0.2) is 0 Å². The summed E-state index contributed by atoms with van der Waals surface area (Å²) in [6, 6.07) is -0.307. The SMILES string of the molecule is CC(NC(=O)c1cn[nH]c1N)C(=O)NC1CC1. The van der Waals surface area contributed by atoms with Gasteiger partial charge >= 0.3 is 0 Å². The number of anilines is 1. The average molecular weight is 237 g/mol. The van der Waals surface area contributed by atoms with Crippen LogP contribution in [0.4, 0.5) is 5.82 Å². The van der Waals surface area contributed by atoms with E-state index in [0.717, 1.165) is 12.8 Å². The van der Waals surface area contributed by atoms with Crippen LogP contribution in [0.1, 0.15) is 30.1 Å². The molecule has 1 saturated carbocycles. The molecule has 1 aliphatic rings. The van der Waals surface area contributed by atoms with Crippen molar-refractivity contribution in [2.75, 3.05) is 5.73 Å². The zero-order chi connectivity index (χ0) is 12.4. The van der Waals surface area contributed by atoms with Crippen LogP contribution in [0.15, 0.2) is 6.20 Å². The molecule has 0 aliphatic heterocycles. The molecule has 92 valence electrons. The third kappa shape index (κ3) is 2.74. The van der Waals surface area contributed by atoms with E-state index in [4.69, 9.17) is 5.73 Å². The van der Waals surface area contributed by atoms with E-state index in [1.807, 2.05) is 0 Å². The molecule has 0 aromatic carbocycles. The van der Waals surface area contributed by atoms with Crippen molar-refractivity contribution in [1.82, 2.24) is 20.8 Å². The van der Waals surface area contributed by atoms with Gasteiger partial charge in [-0.3, -0.25) is 14.7 Å². The van der Waals surface area contributed by atoms with Gasteiger partial charge in [0.05, 0.1) is 6.20 Å². The van der Waals surface area contributed by atoms with Crippen molar-refractivity contribution in [3.8, 4) is 0 Å². The number of nitrogen functional groups attached to an aromatic ring is 1. The standard InChI is InChI=1S/C10H15N5O2/c1-5(9(16)14-6-2-3-6)13-10(17)7-4-12-15-8(7)11/h4-6H,2-3H2,1H3,(H,13,17)(H,14,16)(H3,11,12,15). The van der Waals surface area contributed by atoms with Gasteiger partial charge in [-0.2, -0.15) is 5.10 Å². The fourth-order valence-electron chi connectivity index (χ4n) is 1.37. The molecule has 0 saturated heterocycles. The third-order valence-corrected chi connectivity index (χ3v) is 2.58. The summed E-state index contributed by atoms with van der Waals surface area (Å²) in [6.45, 7) is 1.63. The minimum absolute atomic E-state index is 0.178. The molecule has 7 nitrogen and oxygen atoms in total. The van der Waals surface area contributed by atoms with Gasteiger partial charge in [-0.05, 0) is 19.8 Å². The number of nitrogens with one attached hydrogen (secondary N) is 3. The first kappa shape index (κ1) is 11.4. The van der Waals surface area contributed by atoms with Crippen molar-refractivity contribution in [2.45, 2.75) is 31.8 Å². The Labute approximate surface area is 98.1 Å². The van der Waals surface area contributed by atoms with Crippen molar-refractivity contribution >= 4 is 17.6 Å². The smallest absolute Gasteiger partial charge is 0.257 e. The molecule has 0 spiro atoms. The Hall–Kier alpha value is -2.05. The van der Waals surface area contributed by atoms with Gasteiger partial charge in [0.1, 0.15) is 17.4 Å². The van der Waals surface area contributed by atoms with E-state index in [-0.39, 0.29) is 23.3 Å². The van der Waals surface area contributed by atoms with Crippen molar-refractivity contribution in [1.29, 1.82) is 0 Å². The molecule has 7 heteroatoms. The summed E-state index contributed by atoms with van der Waals surface area (Å²) in [7, 11) is 0. The number of aromatic amines is 1. The Balaban J connectivity index is 1.89. The Bertz CT molecular complexity index is 438. The first-order chi connectivity index (χ1) is 8.08. The van der Waals surface area contributed by atoms with Crippen molar-refractivity contribution < 1.29 is 9.59 Å². The zero-order valence-electron chi connectivity index (χ0n) is 9.49. The van der Waals surface area contributed by atoms with Gasteiger partial charge < -0.3 is 16.4 Å². The van der Waals surface area contributed by atoms with E-state index >= 15 is 0 Å². The highest BCUT2D eigenvalue weighted by Crippen LogP contribution is 2.18. The zero-order valence-corrected chi connectivity index (χ0v) is 9.49. The lowest BCUT2D eigenvalue weighted by atomic mass is 10.2. The van der Waals surface area contributed by atoms with Crippen LogP contribution in [0.3, 0.4) is 0 Å². The average Bonchev–Trinajstić information content (AvgIpc) is 2.98. The van der Waals surface area contributed by atoms with Crippen LogP contribution in [-0.4, -0.2) is 34.1 Å². The van der Waals surface area contributed by atoms with Crippen molar-refractivity contribution in [3.05, 3.63) is 11.8 Å². The first-order valence-electron chi connectivity index (χ1n) is 5.48. The highest BCUT2D eigenvalue weighted by molar-refractivity contribution is 6.00. The Morgan fingerprint density at radius 2 is 2.29 bits per heavy atom. The van der Waals surface area contributed by atoms with E-state index < -0.39 is 11.9 Å². The predicted molar refractivity (Wildman–Crippen MR) is 61.1 cm³/mol. The van der Waals surface area contributed by atoms with E-state index in [9.17, 15) is 9.59 Å². The molecule has 1 aliphatic carbocycles. The molecule has 2 amide bonds. The number of nitrogens with two attached hydrogens (primary N) is 1. The third-order valence-electron chi connectivity index (χ3n) is 2.58. The summed E-state index contributed by atoms with van der Waals surface area (Å²) < 4.78 is 0. The van der Waals surface area contributed by atoms with E-state index in [1.54, 1.807) is 6.92 Å². The Morgan fingerprint density at radius 1 is 1.59 bits per heavy atom. The van der Waals surface area contributed by atoms with Crippen LogP contribution in [0.25, 0.3) is 0 Å². The summed E-state index contributed by atoms with van der Waals surface area (Å²) in [6.07, 6.45) is 3.36. The lowest BCUT2D eigenvalue weighted by Gasteiger charge is -2.13. The Morgan fingerprint density at radius 3 is 2.82 bits per heavy atom. The maximum atomic E-state index is 11.7. The predicted octanol–water partition coefficient (Wildman–Crippen LogP) is -0.611. The van der Waals surface area contributed by atoms with Crippen LogP contribution >= 0.6 is 0 Å². The highest BCUT2D eigenvalue weighted by atomic mass is 16.2. The largest absolute Gasteiger partial charge is 0.383 e. The quantitative estimate of drug-likeness (QED) is 0.559. The van der Waals surface area contributed by atoms with Crippen LogP contribution < -0.4 is 16.4 Å². The molecule has 1 aromatic rings. The minimum atomic E-state index is -0.586. The van der Waals surface area contributed by atoms with Crippen LogP contribution in [0.2, 0.25) is 0 Å². The number of hydrogen-bond donors (Lipinski definition) is 4. The second-order valence-corrected chi connectivity index (χ2v) is 4.18. The van der Waals surface area contributed by atoms with Gasteiger partial charge in [0.25, 0.3) is 5.91 Å². The topological polar surface area (TPSA) is 113 Å². The van der Waals surface area contributed by atoms with Gasteiger partial charge in [-0.15, -0.1) is 0 Å². The van der Waals surface area contributed by atoms with Crippen molar-refractivity contribution in [3.63, 3.8) is 0 Å². The molecule has 0 radical (unpaired) electrons. The molecular weight excluding hydrogens is 222 g/mol. The minimum Gasteiger partial charge on any atom is -0.383 e. The number of carbonyl (C=O) groups is 2. The molecule has 5 N–H and O–H groups in total. The molecule has 1 aromatic heterocycles. The second-order valence-electron chi connectivity index (χ2n) is 4.18. The van der Waals surface area contributed by atoms with Gasteiger partial charge in [0, 0.05) is 6.04 Å². The second kappa shape index (κ2) is 4.44. The van der Waals surface area contributed by atoms with Crippen LogP contribution in [-0.2, 0) is 4.79 Å². The number of hydrogen-bond acceptors (Lipinski definition) is 4. The lowest BCUT2D eigenvalue weighted by Crippen LogP contribution is -2.45. The van der Waals surface area contributed by atoms with Gasteiger partial charge in [0.15, 0.2) is 0 Å². The maximum absolute atomic E-state index is 11.7. The van der Waals surface area contributed by atoms with E-state index in [2.05, 4.69) is 20.8 Å². The number of carbonyl (C=O) groups excluding carboxylic acids is 2. The van der Waals surface area contributed by atoms with E-state index in [1.165, 1.54) is 6.20 Å². The fourth-order valence-corrected chi connectivity index (χ4v) is 1.37. The number of H-pyrrole nitrogens is 1. The van der Waals surface area contributed by atoms with Gasteiger partial charge in [-0.1, -0.05) is 0 Å². The number of amides is 2. The van der Waals surface area contributed by atoms with Crippen molar-refractivity contribution in [2.24, 2.45) is 0 Å². The highest BCUT2D eigenvalue weighted by Gasteiger charge is 2.26.